The molecule has 3 fully saturated rings. The summed E-state index contributed by atoms with van der Waals surface area (Å²) in [6, 6.07) is 0. The Labute approximate surface area is 204 Å². The first kappa shape index (κ1) is 25.1. The normalized spacial score (nSPS) is 41.3. The predicted octanol–water partition coefficient (Wildman–Crippen LogP) is 8.52. The molecular formula is C31H50O2. The third kappa shape index (κ3) is 4.74. The summed E-state index contributed by atoms with van der Waals surface area (Å²) in [5, 5.41) is 0. The highest BCUT2D eigenvalue weighted by atomic mass is 16.5. The Bertz CT molecular complexity index is 763. The molecule has 4 aliphatic carbocycles. The molecule has 0 aromatic carbocycles. The number of rotatable bonds is 7. The maximum Gasteiger partial charge on any atom is 0.330 e. The Morgan fingerprint density at radius 3 is 2.61 bits per heavy atom. The van der Waals surface area contributed by atoms with Crippen LogP contribution in [-0.2, 0) is 9.53 Å². The van der Waals surface area contributed by atoms with Gasteiger partial charge in [0, 0.05) is 12.5 Å². The fourth-order valence-electron chi connectivity index (χ4n) is 9.09. The summed E-state index contributed by atoms with van der Waals surface area (Å²) < 4.78 is 5.77. The Morgan fingerprint density at radius 1 is 1.09 bits per heavy atom. The van der Waals surface area contributed by atoms with E-state index < -0.39 is 0 Å². The molecule has 8 atom stereocenters. The first-order valence-electron chi connectivity index (χ1n) is 14.2. The molecular weight excluding hydrogens is 404 g/mol. The second-order valence-corrected chi connectivity index (χ2v) is 13.1. The highest BCUT2D eigenvalue weighted by Crippen LogP contribution is 2.67. The first-order valence-corrected chi connectivity index (χ1v) is 14.2. The van der Waals surface area contributed by atoms with Gasteiger partial charge in [-0.3, -0.25) is 0 Å². The second-order valence-electron chi connectivity index (χ2n) is 13.1. The largest absolute Gasteiger partial charge is 0.459 e. The number of ether oxygens (including phenoxy) is 1. The Hall–Kier alpha value is -1.05. The van der Waals surface area contributed by atoms with E-state index in [9.17, 15) is 4.79 Å². The van der Waals surface area contributed by atoms with Gasteiger partial charge in [-0.1, -0.05) is 71.6 Å². The number of hydrogen-bond donors (Lipinski definition) is 0. The van der Waals surface area contributed by atoms with Gasteiger partial charge in [0.25, 0.3) is 0 Å². The molecule has 2 nitrogen and oxygen atoms in total. The molecule has 1 unspecified atom stereocenters. The molecule has 0 heterocycles. The van der Waals surface area contributed by atoms with Crippen LogP contribution < -0.4 is 0 Å². The number of esters is 1. The van der Waals surface area contributed by atoms with Gasteiger partial charge in [-0.25, -0.2) is 4.79 Å². The lowest BCUT2D eigenvalue weighted by Gasteiger charge is -2.58. The van der Waals surface area contributed by atoms with Crippen molar-refractivity contribution in [2.45, 2.75) is 118 Å². The van der Waals surface area contributed by atoms with Crippen LogP contribution in [0.25, 0.3) is 0 Å². The van der Waals surface area contributed by atoms with Gasteiger partial charge in [0.2, 0.25) is 0 Å². The van der Waals surface area contributed by atoms with Gasteiger partial charge < -0.3 is 4.74 Å². The summed E-state index contributed by atoms with van der Waals surface area (Å²) >= 11 is 0. The van der Waals surface area contributed by atoms with E-state index >= 15 is 0 Å². The van der Waals surface area contributed by atoms with Gasteiger partial charge in [0.05, 0.1) is 0 Å². The average Bonchev–Trinajstić information content (AvgIpc) is 3.11. The van der Waals surface area contributed by atoms with Crippen molar-refractivity contribution in [2.75, 3.05) is 0 Å². The molecule has 33 heavy (non-hydrogen) atoms. The molecule has 0 aliphatic heterocycles. The summed E-state index contributed by atoms with van der Waals surface area (Å²) in [6.07, 6.45) is 20.4. The van der Waals surface area contributed by atoms with Crippen LogP contribution in [0, 0.1) is 46.3 Å². The summed E-state index contributed by atoms with van der Waals surface area (Å²) in [5.74, 6) is 5.08. The lowest BCUT2D eigenvalue weighted by molar-refractivity contribution is -0.145. The van der Waals surface area contributed by atoms with Crippen molar-refractivity contribution in [3.8, 4) is 0 Å². The zero-order valence-corrected chi connectivity index (χ0v) is 22.4. The minimum atomic E-state index is -0.173. The number of carbonyl (C=O) groups excluding carboxylic acids is 1. The summed E-state index contributed by atoms with van der Waals surface area (Å²) in [6.45, 7) is 14.4. The monoisotopic (exact) mass is 454 g/mol. The van der Waals surface area contributed by atoms with Crippen molar-refractivity contribution >= 4 is 5.97 Å². The Balaban J connectivity index is 1.44. The molecule has 0 N–H and O–H groups in total. The van der Waals surface area contributed by atoms with Crippen molar-refractivity contribution in [1.82, 2.24) is 0 Å². The Kier molecular flexibility index (Phi) is 7.52. The number of hydrogen-bond acceptors (Lipinski definition) is 2. The molecule has 0 radical (unpaired) electrons. The van der Waals surface area contributed by atoms with Gasteiger partial charge in [-0.15, -0.1) is 0 Å². The van der Waals surface area contributed by atoms with Gasteiger partial charge in [-0.2, -0.15) is 0 Å². The molecule has 0 bridgehead atoms. The van der Waals surface area contributed by atoms with Crippen LogP contribution >= 0.6 is 0 Å². The first-order chi connectivity index (χ1) is 15.7. The number of allylic oxidation sites excluding steroid dienone is 2. The van der Waals surface area contributed by atoms with Crippen molar-refractivity contribution in [3.63, 3.8) is 0 Å². The molecule has 4 rings (SSSR count). The third-order valence-electron chi connectivity index (χ3n) is 10.8. The maximum absolute atomic E-state index is 12.0. The SMILES string of the molecule is C/C=C/C(=O)O[C@H]1CC[C@@]2(C)C(=CC[C@H]3[C@@H]4CC[C@H](C(C)CCCC(C)C)[C@@]4(C)CC[C@@H]32)C1. The summed E-state index contributed by atoms with van der Waals surface area (Å²) in [7, 11) is 0. The van der Waals surface area contributed by atoms with Crippen LogP contribution in [0.3, 0.4) is 0 Å². The van der Waals surface area contributed by atoms with E-state index in [2.05, 4.69) is 40.7 Å². The van der Waals surface area contributed by atoms with Gasteiger partial charge in [0.1, 0.15) is 6.10 Å². The van der Waals surface area contributed by atoms with E-state index in [1.165, 1.54) is 57.8 Å². The second kappa shape index (κ2) is 9.90. The highest BCUT2D eigenvalue weighted by Gasteiger charge is 2.59. The van der Waals surface area contributed by atoms with E-state index in [0.717, 1.165) is 48.3 Å². The Morgan fingerprint density at radius 2 is 1.88 bits per heavy atom. The predicted molar refractivity (Wildman–Crippen MR) is 138 cm³/mol. The lowest BCUT2D eigenvalue weighted by atomic mass is 9.47. The summed E-state index contributed by atoms with van der Waals surface area (Å²) in [4.78, 5) is 12.0. The minimum Gasteiger partial charge on any atom is -0.459 e. The van der Waals surface area contributed by atoms with Crippen LogP contribution in [0.1, 0.15) is 112 Å². The fourth-order valence-corrected chi connectivity index (χ4v) is 9.09. The molecule has 3 saturated carbocycles. The maximum atomic E-state index is 12.0. The van der Waals surface area contributed by atoms with Crippen LogP contribution in [0.4, 0.5) is 0 Å². The molecule has 0 spiro atoms. The van der Waals surface area contributed by atoms with Crippen molar-refractivity contribution in [2.24, 2.45) is 46.3 Å². The van der Waals surface area contributed by atoms with Crippen molar-refractivity contribution in [3.05, 3.63) is 23.8 Å². The summed E-state index contributed by atoms with van der Waals surface area (Å²) in [5.41, 5.74) is 2.49. The van der Waals surface area contributed by atoms with Crippen LogP contribution in [0.2, 0.25) is 0 Å². The van der Waals surface area contributed by atoms with Gasteiger partial charge in [-0.05, 0) is 98.2 Å². The molecule has 0 saturated heterocycles. The zero-order chi connectivity index (χ0) is 23.8. The average molecular weight is 455 g/mol. The number of carbonyl (C=O) groups is 1. The smallest absolute Gasteiger partial charge is 0.330 e. The highest BCUT2D eigenvalue weighted by molar-refractivity contribution is 5.81. The van der Waals surface area contributed by atoms with Crippen molar-refractivity contribution < 1.29 is 9.53 Å². The van der Waals surface area contributed by atoms with Crippen LogP contribution in [0.15, 0.2) is 23.8 Å². The molecule has 186 valence electrons. The van der Waals surface area contributed by atoms with E-state index in [0.29, 0.717) is 10.8 Å². The van der Waals surface area contributed by atoms with E-state index in [4.69, 9.17) is 4.74 Å². The molecule has 2 heteroatoms. The third-order valence-corrected chi connectivity index (χ3v) is 10.8. The molecule has 0 aromatic heterocycles. The topological polar surface area (TPSA) is 26.3 Å². The van der Waals surface area contributed by atoms with Crippen LogP contribution in [-0.4, -0.2) is 12.1 Å². The lowest BCUT2D eigenvalue weighted by Crippen LogP contribution is -2.51. The quantitative estimate of drug-likeness (QED) is 0.219. The zero-order valence-electron chi connectivity index (χ0n) is 22.4. The molecule has 4 aliphatic rings. The van der Waals surface area contributed by atoms with E-state index in [1.54, 1.807) is 17.7 Å². The minimum absolute atomic E-state index is 0.0704. The van der Waals surface area contributed by atoms with Gasteiger partial charge >= 0.3 is 5.97 Å². The van der Waals surface area contributed by atoms with Crippen molar-refractivity contribution in [1.29, 1.82) is 0 Å². The fraction of sp³-hybridized carbons (Fsp3) is 0.839. The van der Waals surface area contributed by atoms with E-state index in [1.807, 2.05) is 6.92 Å². The number of fused-ring (bicyclic) bond motifs is 5. The van der Waals surface area contributed by atoms with Gasteiger partial charge in [0.15, 0.2) is 0 Å². The standard InChI is InChI=1S/C31H50O2/c1-7-9-29(32)33-24-16-18-30(5)23(20-24)12-13-25-27-15-14-26(22(4)11-8-10-21(2)3)31(27,6)19-17-28(25)30/h7,9,12,21-22,24-28H,8,10-11,13-20H2,1-6H3/b9-7+/t22?,24-,25-,26+,27-,28-,30-,31+/m0/s1. The molecule has 0 aromatic rings. The van der Waals surface area contributed by atoms with E-state index in [-0.39, 0.29) is 12.1 Å². The van der Waals surface area contributed by atoms with Crippen LogP contribution in [0.5, 0.6) is 0 Å². The molecule has 0 amide bonds.